The summed E-state index contributed by atoms with van der Waals surface area (Å²) in [6.45, 7) is 2.67. The van der Waals surface area contributed by atoms with Crippen molar-refractivity contribution in [2.24, 2.45) is 0 Å². The predicted molar refractivity (Wildman–Crippen MR) is 85.6 cm³/mol. The van der Waals surface area contributed by atoms with Crippen LogP contribution < -0.4 is 5.32 Å². The quantitative estimate of drug-likeness (QED) is 0.727. The van der Waals surface area contributed by atoms with Crippen molar-refractivity contribution in [2.45, 2.75) is 19.6 Å². The van der Waals surface area contributed by atoms with Gasteiger partial charge in [-0.1, -0.05) is 29.8 Å². The van der Waals surface area contributed by atoms with E-state index in [1.165, 1.54) is 9.70 Å². The van der Waals surface area contributed by atoms with Crippen LogP contribution in [0.25, 0.3) is 11.4 Å². The van der Waals surface area contributed by atoms with Crippen molar-refractivity contribution in [3.8, 4) is 11.4 Å². The van der Waals surface area contributed by atoms with E-state index >= 15 is 0 Å². The first kappa shape index (κ1) is 17.0. The largest absolute Gasteiger partial charge is 0.390 e. The minimum absolute atomic E-state index is 0.0123. The van der Waals surface area contributed by atoms with Crippen molar-refractivity contribution in [1.29, 1.82) is 0 Å². The number of benzene rings is 1. The number of carbonyl (C=O) groups excluding carboxylic acids is 1. The number of rotatable bonds is 7. The molecule has 1 atom stereocenters. The van der Waals surface area contributed by atoms with Gasteiger partial charge < -0.3 is 15.3 Å². The Bertz CT molecular complexity index is 640. The van der Waals surface area contributed by atoms with Gasteiger partial charge in [-0.05, 0) is 19.2 Å². The Labute approximate surface area is 135 Å². The highest BCUT2D eigenvalue weighted by molar-refractivity contribution is 5.75. The molecule has 8 heteroatoms. The zero-order valence-electron chi connectivity index (χ0n) is 13.6. The molecule has 124 valence electrons. The van der Waals surface area contributed by atoms with E-state index in [2.05, 4.69) is 20.7 Å². The minimum Gasteiger partial charge on any atom is -0.390 e. The van der Waals surface area contributed by atoms with E-state index < -0.39 is 6.10 Å². The summed E-state index contributed by atoms with van der Waals surface area (Å²) < 4.78 is 0. The number of aliphatic hydroxyl groups is 1. The Morgan fingerprint density at radius 1 is 1.39 bits per heavy atom. The zero-order chi connectivity index (χ0) is 16.8. The van der Waals surface area contributed by atoms with Crippen molar-refractivity contribution in [3.63, 3.8) is 0 Å². The monoisotopic (exact) mass is 318 g/mol. The number of aromatic nitrogens is 4. The van der Waals surface area contributed by atoms with Crippen LogP contribution in [0.2, 0.25) is 0 Å². The fraction of sp³-hybridized carbons (Fsp3) is 0.467. The molecule has 2 rings (SSSR count). The maximum atomic E-state index is 12.1. The molecule has 0 radical (unpaired) electrons. The van der Waals surface area contributed by atoms with E-state index in [-0.39, 0.29) is 19.0 Å². The lowest BCUT2D eigenvalue weighted by molar-refractivity contribution is -0.132. The van der Waals surface area contributed by atoms with Crippen LogP contribution in [-0.4, -0.2) is 69.4 Å². The number of nitrogens with zero attached hydrogens (tertiary/aromatic N) is 5. The molecule has 1 heterocycles. The third-order valence-corrected chi connectivity index (χ3v) is 3.39. The summed E-state index contributed by atoms with van der Waals surface area (Å²) in [5.74, 6) is 0.295. The zero-order valence-corrected chi connectivity index (χ0v) is 13.6. The first-order chi connectivity index (χ1) is 11.0. The first-order valence-corrected chi connectivity index (χ1v) is 7.41. The van der Waals surface area contributed by atoms with Crippen LogP contribution in [-0.2, 0) is 11.3 Å². The van der Waals surface area contributed by atoms with E-state index in [1.807, 2.05) is 31.2 Å². The normalized spacial score (nSPS) is 12.2. The molecule has 1 amide bonds. The third-order valence-electron chi connectivity index (χ3n) is 3.39. The summed E-state index contributed by atoms with van der Waals surface area (Å²) >= 11 is 0. The fourth-order valence-corrected chi connectivity index (χ4v) is 2.09. The Kier molecular flexibility index (Phi) is 5.78. The molecular weight excluding hydrogens is 296 g/mol. The second-order valence-corrected chi connectivity index (χ2v) is 5.50. The molecule has 0 aliphatic carbocycles. The molecule has 0 spiro atoms. The Morgan fingerprint density at radius 3 is 2.74 bits per heavy atom. The molecule has 23 heavy (non-hydrogen) atoms. The first-order valence-electron chi connectivity index (χ1n) is 7.41. The van der Waals surface area contributed by atoms with Gasteiger partial charge in [-0.15, -0.1) is 10.2 Å². The Morgan fingerprint density at radius 2 is 2.09 bits per heavy atom. The topological polar surface area (TPSA) is 96.2 Å². The highest BCUT2D eigenvalue weighted by Gasteiger charge is 2.15. The maximum Gasteiger partial charge on any atom is 0.246 e. The molecule has 0 aliphatic rings. The van der Waals surface area contributed by atoms with Gasteiger partial charge in [-0.3, -0.25) is 4.79 Å². The average molecular weight is 318 g/mol. The molecular formula is C15H22N6O2. The summed E-state index contributed by atoms with van der Waals surface area (Å²) in [7, 11) is 3.38. The lowest BCUT2D eigenvalue weighted by Gasteiger charge is -2.20. The Balaban J connectivity index is 1.95. The number of hydrogen-bond donors (Lipinski definition) is 2. The number of likely N-dealkylation sites (N-methyl/N-ethyl adjacent to an activating group) is 2. The van der Waals surface area contributed by atoms with Crippen molar-refractivity contribution in [3.05, 3.63) is 29.8 Å². The van der Waals surface area contributed by atoms with Crippen molar-refractivity contribution < 1.29 is 9.90 Å². The number of aryl methyl sites for hydroxylation is 1. The highest BCUT2D eigenvalue weighted by atomic mass is 16.3. The van der Waals surface area contributed by atoms with Crippen LogP contribution in [0.5, 0.6) is 0 Å². The summed E-state index contributed by atoms with van der Waals surface area (Å²) in [5.41, 5.74) is 2.00. The van der Waals surface area contributed by atoms with Gasteiger partial charge in [0.25, 0.3) is 0 Å². The van der Waals surface area contributed by atoms with Gasteiger partial charge >= 0.3 is 0 Å². The number of tetrazole rings is 1. The molecule has 2 aromatic rings. The van der Waals surface area contributed by atoms with Gasteiger partial charge in [0.1, 0.15) is 6.54 Å². The van der Waals surface area contributed by atoms with Crippen molar-refractivity contribution in [2.75, 3.05) is 27.2 Å². The molecule has 8 nitrogen and oxygen atoms in total. The summed E-state index contributed by atoms with van der Waals surface area (Å²) in [6.07, 6.45) is -0.610. The van der Waals surface area contributed by atoms with Crippen LogP contribution in [0.4, 0.5) is 0 Å². The second-order valence-electron chi connectivity index (χ2n) is 5.50. The number of carbonyl (C=O) groups is 1. The number of hydrogen-bond acceptors (Lipinski definition) is 6. The van der Waals surface area contributed by atoms with Crippen LogP contribution in [0, 0.1) is 6.92 Å². The summed E-state index contributed by atoms with van der Waals surface area (Å²) in [5, 5.41) is 24.7. The molecule has 0 fully saturated rings. The molecule has 0 aliphatic heterocycles. The lowest BCUT2D eigenvalue weighted by atomic mass is 10.1. The standard InChI is InChI=1S/C15H22N6O2/c1-11-4-6-12(7-5-11)15-17-19-21(18-15)10-14(23)20(3)9-13(22)8-16-2/h4-7,13,16,22H,8-10H2,1-3H3. The molecule has 1 unspecified atom stereocenters. The fourth-order valence-electron chi connectivity index (χ4n) is 2.09. The van der Waals surface area contributed by atoms with E-state index in [0.717, 1.165) is 11.1 Å². The van der Waals surface area contributed by atoms with Crippen LogP contribution in [0.3, 0.4) is 0 Å². The molecule has 0 saturated carbocycles. The molecule has 1 aromatic heterocycles. The summed E-state index contributed by atoms with van der Waals surface area (Å²) in [4.78, 5) is 14.8. The van der Waals surface area contributed by atoms with Crippen molar-refractivity contribution in [1.82, 2.24) is 30.4 Å². The van der Waals surface area contributed by atoms with E-state index in [9.17, 15) is 9.90 Å². The minimum atomic E-state index is -0.610. The average Bonchev–Trinajstić information content (AvgIpc) is 2.96. The Hall–Kier alpha value is -2.32. The SMILES string of the molecule is CNCC(O)CN(C)C(=O)Cn1nnc(-c2ccc(C)cc2)n1. The number of amides is 1. The lowest BCUT2D eigenvalue weighted by Crippen LogP contribution is -2.40. The van der Waals surface area contributed by atoms with Crippen LogP contribution >= 0.6 is 0 Å². The van der Waals surface area contributed by atoms with Gasteiger partial charge in [0.05, 0.1) is 6.10 Å². The van der Waals surface area contributed by atoms with Crippen LogP contribution in [0.15, 0.2) is 24.3 Å². The molecule has 2 N–H and O–H groups in total. The van der Waals surface area contributed by atoms with Gasteiger partial charge in [0, 0.05) is 25.7 Å². The maximum absolute atomic E-state index is 12.1. The van der Waals surface area contributed by atoms with Gasteiger partial charge in [0.15, 0.2) is 0 Å². The smallest absolute Gasteiger partial charge is 0.246 e. The molecule has 1 aromatic carbocycles. The van der Waals surface area contributed by atoms with Gasteiger partial charge in [-0.2, -0.15) is 4.80 Å². The van der Waals surface area contributed by atoms with E-state index in [1.54, 1.807) is 14.1 Å². The molecule has 0 saturated heterocycles. The highest BCUT2D eigenvalue weighted by Crippen LogP contribution is 2.13. The van der Waals surface area contributed by atoms with Crippen molar-refractivity contribution >= 4 is 5.91 Å². The third kappa shape index (κ3) is 4.83. The van der Waals surface area contributed by atoms with Gasteiger partial charge in [-0.25, -0.2) is 0 Å². The summed E-state index contributed by atoms with van der Waals surface area (Å²) in [6, 6.07) is 7.77. The van der Waals surface area contributed by atoms with Crippen LogP contribution in [0.1, 0.15) is 5.56 Å². The number of nitrogens with one attached hydrogen (secondary N) is 1. The van der Waals surface area contributed by atoms with E-state index in [0.29, 0.717) is 12.4 Å². The van der Waals surface area contributed by atoms with Gasteiger partial charge in [0.2, 0.25) is 11.7 Å². The number of aliphatic hydroxyl groups excluding tert-OH is 1. The predicted octanol–water partition coefficient (Wildman–Crippen LogP) is -0.313. The second kappa shape index (κ2) is 7.80. The molecule has 0 bridgehead atoms. The van der Waals surface area contributed by atoms with E-state index in [4.69, 9.17) is 0 Å².